The van der Waals surface area contributed by atoms with Crippen molar-refractivity contribution in [3.05, 3.63) is 85.6 Å². The smallest absolute Gasteiger partial charge is 0.335 e. The van der Waals surface area contributed by atoms with E-state index in [1.807, 2.05) is 51.1 Å². The van der Waals surface area contributed by atoms with Gasteiger partial charge in [0.05, 0.1) is 5.69 Å². The van der Waals surface area contributed by atoms with Gasteiger partial charge in [-0.05, 0) is 67.4 Å². The maximum absolute atomic E-state index is 12.4. The van der Waals surface area contributed by atoms with E-state index in [4.69, 9.17) is 12.2 Å². The highest BCUT2D eigenvalue weighted by Crippen LogP contribution is 2.19. The van der Waals surface area contributed by atoms with Crippen LogP contribution < -0.4 is 16.6 Å². The number of aromatic hydroxyl groups is 1. The van der Waals surface area contributed by atoms with Gasteiger partial charge in [-0.25, -0.2) is 14.4 Å². The van der Waals surface area contributed by atoms with Gasteiger partial charge in [-0.1, -0.05) is 31.2 Å². The third-order valence-electron chi connectivity index (χ3n) is 4.80. The molecule has 0 aliphatic rings. The predicted octanol–water partition coefficient (Wildman–Crippen LogP) is 3.23. The van der Waals surface area contributed by atoms with Crippen molar-refractivity contribution < 1.29 is 5.11 Å². The van der Waals surface area contributed by atoms with E-state index >= 15 is 0 Å². The van der Waals surface area contributed by atoms with Gasteiger partial charge in [0.1, 0.15) is 5.56 Å². The van der Waals surface area contributed by atoms with Crippen LogP contribution in [0.3, 0.4) is 0 Å². The average molecular weight is 423 g/mol. The lowest BCUT2D eigenvalue weighted by atomic mass is 10.1. The second-order valence-electron chi connectivity index (χ2n) is 6.80. The minimum absolute atomic E-state index is 0.115. The van der Waals surface area contributed by atoms with Crippen molar-refractivity contribution in [2.24, 2.45) is 4.99 Å². The van der Waals surface area contributed by atoms with Crippen molar-refractivity contribution in [1.82, 2.24) is 9.55 Å². The number of hydrogen-bond acceptors (Lipinski definition) is 4. The van der Waals surface area contributed by atoms with Crippen molar-refractivity contribution in [3.63, 3.8) is 0 Å². The fraction of sp³-hybridized carbons (Fsp3) is 0.182. The van der Waals surface area contributed by atoms with Crippen molar-refractivity contribution in [1.29, 1.82) is 0 Å². The zero-order valence-electron chi connectivity index (χ0n) is 16.9. The molecule has 0 fully saturated rings. The Balaban J connectivity index is 1.96. The number of anilines is 1. The Morgan fingerprint density at radius 1 is 1.20 bits per heavy atom. The van der Waals surface area contributed by atoms with Crippen LogP contribution in [0.25, 0.3) is 5.69 Å². The molecule has 8 heteroatoms. The molecule has 0 aliphatic carbocycles. The zero-order chi connectivity index (χ0) is 21.8. The highest BCUT2D eigenvalue weighted by atomic mass is 32.1. The number of nitrogens with one attached hydrogen (secondary N) is 2. The molecule has 0 saturated heterocycles. The summed E-state index contributed by atoms with van der Waals surface area (Å²) in [6, 6.07) is 12.9. The molecule has 3 rings (SSSR count). The van der Waals surface area contributed by atoms with Crippen LogP contribution in [0.1, 0.15) is 29.2 Å². The molecule has 0 unspecified atom stereocenters. The number of aryl methyl sites for hydroxylation is 3. The molecule has 0 spiro atoms. The number of benzene rings is 2. The minimum atomic E-state index is -0.750. The van der Waals surface area contributed by atoms with Gasteiger partial charge in [0.2, 0.25) is 5.88 Å². The summed E-state index contributed by atoms with van der Waals surface area (Å²) in [4.78, 5) is 30.9. The van der Waals surface area contributed by atoms with Crippen LogP contribution in [0.15, 0.2) is 57.0 Å². The maximum atomic E-state index is 12.4. The third kappa shape index (κ3) is 4.38. The summed E-state index contributed by atoms with van der Waals surface area (Å²) in [6.07, 6.45) is 1.80. The van der Waals surface area contributed by atoms with Gasteiger partial charge >= 0.3 is 5.69 Å². The maximum Gasteiger partial charge on any atom is 0.335 e. The standard InChI is InChI=1S/C22H22N4O3S/c1-4-15-7-5-6-8-18(15)26-20(28)17(19(27)25-22(26)29)12-23-21(30)24-16-10-9-13(2)14(3)11-16/h5-12,28H,4H2,1-3H3,(H,24,30)(H,25,27,29). The van der Waals surface area contributed by atoms with Gasteiger partial charge < -0.3 is 10.4 Å². The van der Waals surface area contributed by atoms with Gasteiger partial charge in [0.25, 0.3) is 5.56 Å². The summed E-state index contributed by atoms with van der Waals surface area (Å²) >= 11 is 5.22. The van der Waals surface area contributed by atoms with E-state index in [-0.39, 0.29) is 10.7 Å². The Hall–Kier alpha value is -3.52. The molecule has 3 N–H and O–H groups in total. The molecule has 0 atom stereocenters. The summed E-state index contributed by atoms with van der Waals surface area (Å²) in [5, 5.41) is 13.8. The summed E-state index contributed by atoms with van der Waals surface area (Å²) < 4.78 is 1.06. The lowest BCUT2D eigenvalue weighted by Gasteiger charge is -2.13. The number of thiocarbonyl (C=S) groups is 1. The minimum Gasteiger partial charge on any atom is -0.493 e. The quantitative estimate of drug-likeness (QED) is 0.443. The van der Waals surface area contributed by atoms with E-state index in [1.54, 1.807) is 12.1 Å². The first kappa shape index (κ1) is 21.2. The number of aliphatic imine (C=N–C) groups is 1. The van der Waals surface area contributed by atoms with E-state index in [1.165, 1.54) is 0 Å². The normalized spacial score (nSPS) is 11.0. The van der Waals surface area contributed by atoms with Crippen LogP contribution in [0.5, 0.6) is 5.88 Å². The molecule has 0 amide bonds. The molecule has 30 heavy (non-hydrogen) atoms. The number of hydrogen-bond donors (Lipinski definition) is 3. The highest BCUT2D eigenvalue weighted by Gasteiger charge is 2.16. The monoisotopic (exact) mass is 422 g/mol. The van der Waals surface area contributed by atoms with Gasteiger partial charge in [-0.3, -0.25) is 9.78 Å². The molecular formula is C22H22N4O3S. The first-order valence-electron chi connectivity index (χ1n) is 9.40. The fourth-order valence-electron chi connectivity index (χ4n) is 3.00. The number of aromatic amines is 1. The Morgan fingerprint density at radius 2 is 1.93 bits per heavy atom. The van der Waals surface area contributed by atoms with E-state index < -0.39 is 17.1 Å². The lowest BCUT2D eigenvalue weighted by Crippen LogP contribution is -2.32. The number of H-pyrrole nitrogens is 1. The van der Waals surface area contributed by atoms with Gasteiger partial charge in [-0.15, -0.1) is 0 Å². The van der Waals surface area contributed by atoms with Crippen LogP contribution >= 0.6 is 12.2 Å². The summed E-state index contributed by atoms with van der Waals surface area (Å²) in [6.45, 7) is 5.93. The van der Waals surface area contributed by atoms with Crippen molar-refractivity contribution in [3.8, 4) is 11.6 Å². The number of rotatable bonds is 4. The number of para-hydroxylation sites is 1. The van der Waals surface area contributed by atoms with E-state index in [0.29, 0.717) is 12.1 Å². The molecule has 0 radical (unpaired) electrons. The molecular weight excluding hydrogens is 400 g/mol. The Bertz CT molecular complexity index is 1260. The molecule has 2 aromatic carbocycles. The van der Waals surface area contributed by atoms with Crippen LogP contribution in [0, 0.1) is 13.8 Å². The van der Waals surface area contributed by atoms with Gasteiger partial charge in [0.15, 0.2) is 5.11 Å². The fourth-order valence-corrected chi connectivity index (χ4v) is 3.17. The molecule has 0 bridgehead atoms. The van der Waals surface area contributed by atoms with Crippen LogP contribution in [-0.2, 0) is 6.42 Å². The third-order valence-corrected chi connectivity index (χ3v) is 5.01. The van der Waals surface area contributed by atoms with Gasteiger partial charge in [-0.2, -0.15) is 0 Å². The first-order valence-corrected chi connectivity index (χ1v) is 9.81. The van der Waals surface area contributed by atoms with Crippen molar-refractivity contribution >= 4 is 29.2 Å². The van der Waals surface area contributed by atoms with Crippen LogP contribution in [0.4, 0.5) is 5.69 Å². The molecule has 3 aromatic rings. The SMILES string of the molecule is CCc1ccccc1-n1c(O)c(C=NC(=S)Nc2ccc(C)c(C)c2)c(=O)[nH]c1=O. The van der Waals surface area contributed by atoms with Gasteiger partial charge in [0, 0.05) is 11.9 Å². The highest BCUT2D eigenvalue weighted by molar-refractivity contribution is 7.80. The van der Waals surface area contributed by atoms with E-state index in [0.717, 1.165) is 33.2 Å². The molecule has 0 aliphatic heterocycles. The average Bonchev–Trinajstić information content (AvgIpc) is 2.70. The summed E-state index contributed by atoms with van der Waals surface area (Å²) in [5.41, 5.74) is 2.71. The topological polar surface area (TPSA) is 99.5 Å². The van der Waals surface area contributed by atoms with Crippen LogP contribution in [-0.4, -0.2) is 26.0 Å². The second kappa shape index (κ2) is 8.87. The molecule has 1 heterocycles. The zero-order valence-corrected chi connectivity index (χ0v) is 17.7. The summed E-state index contributed by atoms with van der Waals surface area (Å²) in [5.74, 6) is -0.498. The molecule has 7 nitrogen and oxygen atoms in total. The lowest BCUT2D eigenvalue weighted by molar-refractivity contribution is 0.429. The molecule has 154 valence electrons. The van der Waals surface area contributed by atoms with E-state index in [9.17, 15) is 14.7 Å². The predicted molar refractivity (Wildman–Crippen MR) is 123 cm³/mol. The Labute approximate surface area is 178 Å². The van der Waals surface area contributed by atoms with Crippen molar-refractivity contribution in [2.45, 2.75) is 27.2 Å². The first-order chi connectivity index (χ1) is 14.3. The number of aromatic nitrogens is 2. The molecule has 0 saturated carbocycles. The summed E-state index contributed by atoms with van der Waals surface area (Å²) in [7, 11) is 0. The van der Waals surface area contributed by atoms with E-state index in [2.05, 4.69) is 15.3 Å². The number of nitrogens with zero attached hydrogens (tertiary/aromatic N) is 2. The second-order valence-corrected chi connectivity index (χ2v) is 7.19. The van der Waals surface area contributed by atoms with Crippen molar-refractivity contribution in [2.75, 3.05) is 5.32 Å². The largest absolute Gasteiger partial charge is 0.493 e. The Kier molecular flexibility index (Phi) is 6.27. The molecule has 1 aromatic heterocycles. The van der Waals surface area contributed by atoms with Crippen LogP contribution in [0.2, 0.25) is 0 Å². The Morgan fingerprint density at radius 3 is 2.63 bits per heavy atom.